The number of methoxy groups -OCH3 is 1. The molecule has 0 aromatic carbocycles. The Morgan fingerprint density at radius 2 is 1.95 bits per heavy atom. The zero-order chi connectivity index (χ0) is 14.8. The molecule has 1 heterocycles. The van der Waals surface area contributed by atoms with Crippen molar-refractivity contribution in [3.8, 4) is 0 Å². The van der Waals surface area contributed by atoms with Crippen molar-refractivity contribution in [1.82, 2.24) is 15.5 Å². The predicted octanol–water partition coefficient (Wildman–Crippen LogP) is 0.917. The molecule has 0 atom stereocenters. The van der Waals surface area contributed by atoms with Gasteiger partial charge in [-0.3, -0.25) is 9.89 Å². The van der Waals surface area contributed by atoms with Gasteiger partial charge in [-0.15, -0.1) is 24.0 Å². The van der Waals surface area contributed by atoms with Gasteiger partial charge in [0.2, 0.25) is 0 Å². The summed E-state index contributed by atoms with van der Waals surface area (Å²) >= 11 is 0. The molecule has 0 aromatic heterocycles. The Kier molecular flexibility index (Phi) is 11.4. The van der Waals surface area contributed by atoms with E-state index < -0.39 is 0 Å². The van der Waals surface area contributed by atoms with Crippen LogP contribution >= 0.6 is 24.0 Å². The van der Waals surface area contributed by atoms with Gasteiger partial charge in [-0.25, -0.2) is 0 Å². The number of aliphatic imine (C=N–C) groups is 1. The Balaban J connectivity index is 0.00000400. The average Bonchev–Trinajstić information content (AvgIpc) is 2.47. The number of guanidine groups is 1. The summed E-state index contributed by atoms with van der Waals surface area (Å²) in [5, 5.41) is 6.69. The number of nitrogens with zero attached hydrogens (tertiary/aromatic N) is 2. The van der Waals surface area contributed by atoms with E-state index in [-0.39, 0.29) is 29.5 Å². The molecule has 0 amide bonds. The number of morpholine rings is 1. The summed E-state index contributed by atoms with van der Waals surface area (Å²) in [4.78, 5) is 6.70. The van der Waals surface area contributed by atoms with Gasteiger partial charge in [0.1, 0.15) is 0 Å². The highest BCUT2D eigenvalue weighted by Gasteiger charge is 2.28. The summed E-state index contributed by atoms with van der Waals surface area (Å²) in [6, 6.07) is 0. The van der Waals surface area contributed by atoms with Gasteiger partial charge in [-0.05, 0) is 20.3 Å². The Hall–Kier alpha value is -0.120. The fourth-order valence-corrected chi connectivity index (χ4v) is 2.22. The van der Waals surface area contributed by atoms with Gasteiger partial charge in [-0.2, -0.15) is 0 Å². The lowest BCUT2D eigenvalue weighted by Gasteiger charge is -2.41. The molecule has 0 unspecified atom stereocenters. The van der Waals surface area contributed by atoms with Crippen molar-refractivity contribution in [3.05, 3.63) is 0 Å². The van der Waals surface area contributed by atoms with Crippen LogP contribution in [0.5, 0.6) is 0 Å². The first-order chi connectivity index (χ1) is 9.60. The van der Waals surface area contributed by atoms with E-state index in [2.05, 4.69) is 34.4 Å². The minimum absolute atomic E-state index is 0. The quantitative estimate of drug-likeness (QED) is 0.281. The zero-order valence-electron chi connectivity index (χ0n) is 13.8. The van der Waals surface area contributed by atoms with Crippen LogP contribution in [-0.4, -0.2) is 76.6 Å². The summed E-state index contributed by atoms with van der Waals surface area (Å²) in [6.07, 6.45) is 0.976. The monoisotopic (exact) mass is 414 g/mol. The maximum Gasteiger partial charge on any atom is 0.191 e. The number of hydrogen-bond donors (Lipinski definition) is 2. The molecule has 0 saturated carbocycles. The summed E-state index contributed by atoms with van der Waals surface area (Å²) in [6.45, 7) is 10.6. The summed E-state index contributed by atoms with van der Waals surface area (Å²) in [7, 11) is 3.52. The SMILES string of the molecule is CN=C(NCCCOC)NCC(C)(C)N1CCOCC1.I. The molecule has 0 aliphatic carbocycles. The first-order valence-electron chi connectivity index (χ1n) is 7.36. The van der Waals surface area contributed by atoms with Crippen LogP contribution in [0.15, 0.2) is 4.99 Å². The first kappa shape index (κ1) is 20.9. The van der Waals surface area contributed by atoms with Crippen LogP contribution in [0.4, 0.5) is 0 Å². The molecule has 21 heavy (non-hydrogen) atoms. The first-order valence-corrected chi connectivity index (χ1v) is 7.36. The zero-order valence-corrected chi connectivity index (χ0v) is 16.1. The van der Waals surface area contributed by atoms with Gasteiger partial charge in [0.05, 0.1) is 13.2 Å². The van der Waals surface area contributed by atoms with Crippen LogP contribution in [0, 0.1) is 0 Å². The largest absolute Gasteiger partial charge is 0.385 e. The number of nitrogens with one attached hydrogen (secondary N) is 2. The summed E-state index contributed by atoms with van der Waals surface area (Å²) in [5.41, 5.74) is 0.0912. The van der Waals surface area contributed by atoms with E-state index in [4.69, 9.17) is 9.47 Å². The lowest BCUT2D eigenvalue weighted by Crippen LogP contribution is -2.56. The number of ether oxygens (including phenoxy) is 2. The minimum Gasteiger partial charge on any atom is -0.385 e. The van der Waals surface area contributed by atoms with Crippen molar-refractivity contribution in [2.45, 2.75) is 25.8 Å². The van der Waals surface area contributed by atoms with E-state index in [0.29, 0.717) is 0 Å². The number of halogens is 1. The molecule has 2 N–H and O–H groups in total. The van der Waals surface area contributed by atoms with Crippen LogP contribution in [-0.2, 0) is 9.47 Å². The molecule has 1 aliphatic rings. The molecule has 1 saturated heterocycles. The van der Waals surface area contributed by atoms with Gasteiger partial charge in [0.25, 0.3) is 0 Å². The maximum absolute atomic E-state index is 5.41. The number of hydrogen-bond acceptors (Lipinski definition) is 4. The van der Waals surface area contributed by atoms with E-state index in [1.165, 1.54) is 0 Å². The van der Waals surface area contributed by atoms with Crippen molar-refractivity contribution in [3.63, 3.8) is 0 Å². The predicted molar refractivity (Wildman–Crippen MR) is 97.7 cm³/mol. The molecule has 7 heteroatoms. The molecule has 1 rings (SSSR count). The third-order valence-electron chi connectivity index (χ3n) is 3.60. The Bertz CT molecular complexity index is 295. The maximum atomic E-state index is 5.41. The van der Waals surface area contributed by atoms with Crippen LogP contribution in [0.25, 0.3) is 0 Å². The smallest absolute Gasteiger partial charge is 0.191 e. The molecule has 0 bridgehead atoms. The van der Waals surface area contributed by atoms with Crippen LogP contribution in [0.3, 0.4) is 0 Å². The molecule has 1 fully saturated rings. The third kappa shape index (κ3) is 8.18. The van der Waals surface area contributed by atoms with Crippen molar-refractivity contribution >= 4 is 29.9 Å². The molecule has 0 radical (unpaired) electrons. The van der Waals surface area contributed by atoms with Crippen LogP contribution in [0.2, 0.25) is 0 Å². The van der Waals surface area contributed by atoms with E-state index >= 15 is 0 Å². The van der Waals surface area contributed by atoms with Crippen molar-refractivity contribution in [2.75, 3.05) is 60.2 Å². The molecular formula is C14H31IN4O2. The molecular weight excluding hydrogens is 383 g/mol. The fourth-order valence-electron chi connectivity index (χ4n) is 2.22. The Morgan fingerprint density at radius 3 is 2.52 bits per heavy atom. The van der Waals surface area contributed by atoms with Gasteiger partial charge in [0.15, 0.2) is 5.96 Å². The van der Waals surface area contributed by atoms with Gasteiger partial charge in [-0.1, -0.05) is 0 Å². The van der Waals surface area contributed by atoms with Gasteiger partial charge in [0, 0.05) is 52.5 Å². The lowest BCUT2D eigenvalue weighted by atomic mass is 10.0. The summed E-state index contributed by atoms with van der Waals surface area (Å²) < 4.78 is 10.4. The highest BCUT2D eigenvalue weighted by Crippen LogP contribution is 2.14. The van der Waals surface area contributed by atoms with E-state index in [0.717, 1.165) is 58.4 Å². The van der Waals surface area contributed by atoms with Crippen molar-refractivity contribution in [1.29, 1.82) is 0 Å². The second-order valence-electron chi connectivity index (χ2n) is 5.61. The van der Waals surface area contributed by atoms with Crippen LogP contribution < -0.4 is 10.6 Å². The standard InChI is InChI=1S/C14H30N4O2.HI/c1-14(2,18-7-10-20-11-8-18)12-17-13(15-3)16-6-5-9-19-4;/h5-12H2,1-4H3,(H2,15,16,17);1H. The topological polar surface area (TPSA) is 58.1 Å². The average molecular weight is 414 g/mol. The van der Waals surface area contributed by atoms with Gasteiger partial charge < -0.3 is 20.1 Å². The van der Waals surface area contributed by atoms with E-state index in [9.17, 15) is 0 Å². The minimum atomic E-state index is 0. The van der Waals surface area contributed by atoms with Crippen molar-refractivity contribution < 1.29 is 9.47 Å². The molecule has 0 aromatic rings. The van der Waals surface area contributed by atoms with E-state index in [1.807, 2.05) is 0 Å². The normalized spacial score (nSPS) is 17.2. The molecule has 1 aliphatic heterocycles. The van der Waals surface area contributed by atoms with E-state index in [1.54, 1.807) is 14.2 Å². The highest BCUT2D eigenvalue weighted by molar-refractivity contribution is 14.0. The lowest BCUT2D eigenvalue weighted by molar-refractivity contribution is -0.00834. The second kappa shape index (κ2) is 11.4. The Morgan fingerprint density at radius 1 is 1.29 bits per heavy atom. The third-order valence-corrected chi connectivity index (χ3v) is 3.60. The van der Waals surface area contributed by atoms with Gasteiger partial charge >= 0.3 is 0 Å². The summed E-state index contributed by atoms with van der Waals surface area (Å²) in [5.74, 6) is 0.849. The van der Waals surface area contributed by atoms with Crippen molar-refractivity contribution in [2.24, 2.45) is 4.99 Å². The molecule has 0 spiro atoms. The number of rotatable bonds is 7. The fraction of sp³-hybridized carbons (Fsp3) is 0.929. The second-order valence-corrected chi connectivity index (χ2v) is 5.61. The highest BCUT2D eigenvalue weighted by atomic mass is 127. The Labute approximate surface area is 146 Å². The molecule has 6 nitrogen and oxygen atoms in total. The molecule has 126 valence electrons. The van der Waals surface area contributed by atoms with Crippen LogP contribution in [0.1, 0.15) is 20.3 Å².